The first kappa shape index (κ1) is 13.9. The third kappa shape index (κ3) is 4.94. The van der Waals surface area contributed by atoms with Crippen molar-refractivity contribution in [2.75, 3.05) is 27.2 Å². The molecular weight excluding hydrogens is 176 g/mol. The van der Waals surface area contributed by atoms with Gasteiger partial charge in [0.1, 0.15) is 0 Å². The number of aliphatic hydroxyl groups excluding tert-OH is 1. The molecule has 86 valence electrons. The zero-order valence-electron chi connectivity index (χ0n) is 10.3. The first-order valence-corrected chi connectivity index (χ1v) is 5.47. The highest BCUT2D eigenvalue weighted by molar-refractivity contribution is 4.85. The summed E-state index contributed by atoms with van der Waals surface area (Å²) < 4.78 is 0. The monoisotopic (exact) mass is 202 g/mol. The summed E-state index contributed by atoms with van der Waals surface area (Å²) in [7, 11) is 4.14. The molecule has 2 N–H and O–H groups in total. The van der Waals surface area contributed by atoms with Crippen LogP contribution in [0.3, 0.4) is 0 Å². The number of nitrogens with zero attached hydrogens (tertiary/aromatic N) is 1. The Morgan fingerprint density at radius 2 is 2.00 bits per heavy atom. The van der Waals surface area contributed by atoms with Crippen LogP contribution in [0, 0.1) is 0 Å². The minimum atomic E-state index is -0.139. The fraction of sp³-hybridized carbons (Fsp3) is 1.00. The molecule has 3 nitrogen and oxygen atoms in total. The molecule has 0 heterocycles. The Balaban J connectivity index is 4.09. The Hall–Kier alpha value is -0.120. The zero-order valence-corrected chi connectivity index (χ0v) is 10.3. The third-order valence-electron chi connectivity index (χ3n) is 2.78. The summed E-state index contributed by atoms with van der Waals surface area (Å²) in [6, 6.07) is 0.483. The van der Waals surface area contributed by atoms with Gasteiger partial charge in [0.05, 0.1) is 6.61 Å². The molecule has 0 aliphatic rings. The third-order valence-corrected chi connectivity index (χ3v) is 2.78. The Morgan fingerprint density at radius 3 is 2.36 bits per heavy atom. The fourth-order valence-corrected chi connectivity index (χ4v) is 1.45. The van der Waals surface area contributed by atoms with Gasteiger partial charge in [-0.15, -0.1) is 0 Å². The molecule has 0 amide bonds. The van der Waals surface area contributed by atoms with Gasteiger partial charge in [-0.2, -0.15) is 0 Å². The van der Waals surface area contributed by atoms with Crippen LogP contribution >= 0.6 is 0 Å². The second-order valence-corrected chi connectivity index (χ2v) is 4.66. The summed E-state index contributed by atoms with van der Waals surface area (Å²) in [6.45, 7) is 7.58. The van der Waals surface area contributed by atoms with E-state index in [4.69, 9.17) is 0 Å². The van der Waals surface area contributed by atoms with E-state index in [1.807, 2.05) is 0 Å². The lowest BCUT2D eigenvalue weighted by Gasteiger charge is -2.34. The molecule has 3 heteroatoms. The summed E-state index contributed by atoms with van der Waals surface area (Å²) in [5.74, 6) is 0. The van der Waals surface area contributed by atoms with Gasteiger partial charge in [0.25, 0.3) is 0 Å². The molecule has 0 fully saturated rings. The fourth-order valence-electron chi connectivity index (χ4n) is 1.45. The molecule has 2 unspecified atom stereocenters. The van der Waals surface area contributed by atoms with Gasteiger partial charge < -0.3 is 15.3 Å². The van der Waals surface area contributed by atoms with E-state index in [0.717, 1.165) is 19.4 Å². The topological polar surface area (TPSA) is 35.5 Å². The van der Waals surface area contributed by atoms with Crippen molar-refractivity contribution in [1.29, 1.82) is 0 Å². The maximum atomic E-state index is 9.36. The first-order valence-electron chi connectivity index (χ1n) is 5.47. The highest BCUT2D eigenvalue weighted by Gasteiger charge is 2.25. The van der Waals surface area contributed by atoms with Gasteiger partial charge in [-0.25, -0.2) is 0 Å². The average molecular weight is 202 g/mol. The molecule has 0 aromatic rings. The lowest BCUT2D eigenvalue weighted by molar-refractivity contribution is 0.135. The standard InChI is InChI=1S/C11H26N2O/c1-6-7-12-11(3,9-14)8-10(2)13(4)5/h10,12,14H,6-9H2,1-5H3. The number of rotatable bonds is 7. The van der Waals surface area contributed by atoms with E-state index < -0.39 is 0 Å². The summed E-state index contributed by atoms with van der Waals surface area (Å²) in [5, 5.41) is 12.8. The number of hydrogen-bond donors (Lipinski definition) is 2. The molecule has 14 heavy (non-hydrogen) atoms. The highest BCUT2D eigenvalue weighted by atomic mass is 16.3. The molecular formula is C11H26N2O. The lowest BCUT2D eigenvalue weighted by Crippen LogP contribution is -2.49. The molecule has 0 radical (unpaired) electrons. The molecule has 0 aromatic heterocycles. The highest BCUT2D eigenvalue weighted by Crippen LogP contribution is 2.14. The molecule has 0 aliphatic heterocycles. The van der Waals surface area contributed by atoms with Crippen LogP contribution in [0.15, 0.2) is 0 Å². The Morgan fingerprint density at radius 1 is 1.43 bits per heavy atom. The van der Waals surface area contributed by atoms with Crippen LogP contribution in [0.25, 0.3) is 0 Å². The molecule has 0 rings (SSSR count). The van der Waals surface area contributed by atoms with Crippen molar-refractivity contribution in [1.82, 2.24) is 10.2 Å². The Kier molecular flexibility index (Phi) is 6.33. The van der Waals surface area contributed by atoms with Gasteiger partial charge in [0.2, 0.25) is 0 Å². The molecule has 0 aliphatic carbocycles. The van der Waals surface area contributed by atoms with Crippen molar-refractivity contribution < 1.29 is 5.11 Å². The van der Waals surface area contributed by atoms with E-state index in [1.165, 1.54) is 0 Å². The van der Waals surface area contributed by atoms with Gasteiger partial charge in [0.15, 0.2) is 0 Å². The van der Waals surface area contributed by atoms with Gasteiger partial charge in [-0.05, 0) is 47.3 Å². The van der Waals surface area contributed by atoms with E-state index >= 15 is 0 Å². The van der Waals surface area contributed by atoms with Crippen molar-refractivity contribution in [3.05, 3.63) is 0 Å². The van der Waals surface area contributed by atoms with Crippen molar-refractivity contribution in [2.24, 2.45) is 0 Å². The number of nitrogens with one attached hydrogen (secondary N) is 1. The van der Waals surface area contributed by atoms with E-state index in [1.54, 1.807) is 0 Å². The predicted molar refractivity (Wildman–Crippen MR) is 61.6 cm³/mol. The summed E-state index contributed by atoms with van der Waals surface area (Å²) in [4.78, 5) is 2.18. The van der Waals surface area contributed by atoms with Crippen LogP contribution in [-0.4, -0.2) is 48.8 Å². The smallest absolute Gasteiger partial charge is 0.0611 e. The van der Waals surface area contributed by atoms with Crippen molar-refractivity contribution in [2.45, 2.75) is 45.2 Å². The van der Waals surface area contributed by atoms with Gasteiger partial charge >= 0.3 is 0 Å². The summed E-state index contributed by atoms with van der Waals surface area (Å²) in [6.07, 6.45) is 2.07. The van der Waals surface area contributed by atoms with E-state index in [-0.39, 0.29) is 12.1 Å². The van der Waals surface area contributed by atoms with Crippen molar-refractivity contribution >= 4 is 0 Å². The summed E-state index contributed by atoms with van der Waals surface area (Å²) in [5.41, 5.74) is -0.139. The van der Waals surface area contributed by atoms with Crippen LogP contribution in [0.1, 0.15) is 33.6 Å². The molecule has 0 saturated heterocycles. The Bertz CT molecular complexity index is 150. The molecule has 0 saturated carbocycles. The van der Waals surface area contributed by atoms with Crippen LogP contribution in [0.2, 0.25) is 0 Å². The van der Waals surface area contributed by atoms with Gasteiger partial charge in [-0.3, -0.25) is 0 Å². The summed E-state index contributed by atoms with van der Waals surface area (Å²) >= 11 is 0. The van der Waals surface area contributed by atoms with Crippen LogP contribution in [0.4, 0.5) is 0 Å². The Labute approximate surface area is 88.5 Å². The average Bonchev–Trinajstić information content (AvgIpc) is 2.14. The largest absolute Gasteiger partial charge is 0.394 e. The van der Waals surface area contributed by atoms with E-state index in [2.05, 4.69) is 45.1 Å². The minimum Gasteiger partial charge on any atom is -0.394 e. The molecule has 2 atom stereocenters. The lowest BCUT2D eigenvalue weighted by atomic mass is 9.94. The minimum absolute atomic E-state index is 0.139. The van der Waals surface area contributed by atoms with E-state index in [9.17, 15) is 5.11 Å². The maximum absolute atomic E-state index is 9.36. The van der Waals surface area contributed by atoms with Crippen LogP contribution in [0.5, 0.6) is 0 Å². The normalized spacial score (nSPS) is 18.2. The van der Waals surface area contributed by atoms with Crippen molar-refractivity contribution in [3.63, 3.8) is 0 Å². The second kappa shape index (κ2) is 6.38. The van der Waals surface area contributed by atoms with Gasteiger partial charge in [-0.1, -0.05) is 6.92 Å². The SMILES string of the molecule is CCCNC(C)(CO)CC(C)N(C)C. The molecule has 0 bridgehead atoms. The molecule has 0 spiro atoms. The quantitative estimate of drug-likeness (QED) is 0.648. The predicted octanol–water partition coefficient (Wildman–Crippen LogP) is 1.08. The molecule has 0 aromatic carbocycles. The zero-order chi connectivity index (χ0) is 11.2. The van der Waals surface area contributed by atoms with Crippen molar-refractivity contribution in [3.8, 4) is 0 Å². The second-order valence-electron chi connectivity index (χ2n) is 4.66. The number of hydrogen-bond acceptors (Lipinski definition) is 3. The van der Waals surface area contributed by atoms with E-state index in [0.29, 0.717) is 6.04 Å². The maximum Gasteiger partial charge on any atom is 0.0611 e. The number of aliphatic hydroxyl groups is 1. The first-order chi connectivity index (χ1) is 6.45. The van der Waals surface area contributed by atoms with Gasteiger partial charge in [0, 0.05) is 11.6 Å². The van der Waals surface area contributed by atoms with Crippen LogP contribution in [-0.2, 0) is 0 Å². The van der Waals surface area contributed by atoms with Crippen LogP contribution < -0.4 is 5.32 Å².